The molecule has 192 valence electrons. The van der Waals surface area contributed by atoms with Crippen molar-refractivity contribution in [2.75, 3.05) is 26.7 Å². The molecule has 1 fully saturated rings. The molecule has 2 heterocycles. The van der Waals surface area contributed by atoms with Gasteiger partial charge < -0.3 is 14.7 Å². The number of carboxylic acids is 1. The molecule has 0 spiro atoms. The quantitative estimate of drug-likeness (QED) is 0.277. The fourth-order valence-corrected chi connectivity index (χ4v) is 5.85. The molecule has 5 nitrogen and oxygen atoms in total. The summed E-state index contributed by atoms with van der Waals surface area (Å²) in [5.74, 6) is 0.850. The molecule has 4 rings (SSSR count). The summed E-state index contributed by atoms with van der Waals surface area (Å²) in [7, 11) is 1.69. The average molecular weight is 509 g/mol. The first-order chi connectivity index (χ1) is 17.5. The highest BCUT2D eigenvalue weighted by molar-refractivity contribution is 6.30. The van der Waals surface area contributed by atoms with E-state index in [1.54, 1.807) is 7.11 Å². The van der Waals surface area contributed by atoms with Crippen molar-refractivity contribution in [2.24, 2.45) is 11.8 Å². The van der Waals surface area contributed by atoms with Crippen LogP contribution in [0.25, 0.3) is 10.9 Å². The number of unbranched alkanes of at least 4 members (excludes halogenated alkanes) is 1. The first-order valence-electron chi connectivity index (χ1n) is 13.1. The topological polar surface area (TPSA) is 62.7 Å². The Balaban J connectivity index is 1.27. The molecule has 1 aromatic heterocycles. The van der Waals surface area contributed by atoms with Crippen LogP contribution in [0, 0.1) is 11.8 Å². The first-order valence-corrected chi connectivity index (χ1v) is 13.5. The third-order valence-corrected chi connectivity index (χ3v) is 7.79. The van der Waals surface area contributed by atoms with Gasteiger partial charge in [0.25, 0.3) is 0 Å². The van der Waals surface area contributed by atoms with Crippen LogP contribution in [0.2, 0.25) is 5.02 Å². The minimum Gasteiger partial charge on any atom is -0.497 e. The van der Waals surface area contributed by atoms with Crippen molar-refractivity contribution in [1.82, 2.24) is 9.88 Å². The maximum Gasteiger partial charge on any atom is 0.303 e. The van der Waals surface area contributed by atoms with Gasteiger partial charge in [-0.15, -0.1) is 0 Å². The molecule has 2 atom stereocenters. The molecule has 0 radical (unpaired) electrons. The van der Waals surface area contributed by atoms with Crippen LogP contribution in [0.3, 0.4) is 0 Å². The Kier molecular flexibility index (Phi) is 9.60. The second-order valence-electron chi connectivity index (χ2n) is 10.0. The van der Waals surface area contributed by atoms with Crippen LogP contribution in [0.4, 0.5) is 0 Å². The fourth-order valence-electron chi connectivity index (χ4n) is 5.63. The predicted octanol–water partition coefficient (Wildman–Crippen LogP) is 6.66. The number of hydrogen-bond acceptors (Lipinski definition) is 4. The van der Waals surface area contributed by atoms with E-state index in [1.807, 2.05) is 36.5 Å². The third kappa shape index (κ3) is 7.44. The summed E-state index contributed by atoms with van der Waals surface area (Å²) in [6.07, 6.45) is 9.58. The lowest BCUT2D eigenvalue weighted by atomic mass is 9.79. The Morgan fingerprint density at radius 1 is 1.11 bits per heavy atom. The van der Waals surface area contributed by atoms with Gasteiger partial charge in [0.1, 0.15) is 5.75 Å². The van der Waals surface area contributed by atoms with Crippen molar-refractivity contribution in [3.63, 3.8) is 0 Å². The van der Waals surface area contributed by atoms with Gasteiger partial charge in [-0.3, -0.25) is 9.78 Å². The standard InChI is InChI=1S/C30H37ClN2O3/c1-36-27-11-12-29-28(20-27)24(13-15-32-29)9-5-8-23-14-17-33(21-25(23)19-30(34)35)16-3-2-6-22-7-4-10-26(31)18-22/h4,7,10-13,15,18,20,23,25H,2-3,5-6,8-9,14,16-17,19,21H2,1H3,(H,34,35)/t23-,25+/m1/s1. The largest absolute Gasteiger partial charge is 0.497 e. The molecule has 3 aromatic rings. The zero-order chi connectivity index (χ0) is 25.3. The molecule has 1 aliphatic heterocycles. The van der Waals surface area contributed by atoms with Crippen LogP contribution in [0.1, 0.15) is 49.7 Å². The van der Waals surface area contributed by atoms with E-state index in [9.17, 15) is 9.90 Å². The molecule has 0 bridgehead atoms. The summed E-state index contributed by atoms with van der Waals surface area (Å²) in [6.45, 7) is 2.99. The number of nitrogens with zero attached hydrogens (tertiary/aromatic N) is 2. The van der Waals surface area contributed by atoms with Crippen LogP contribution in [0.15, 0.2) is 54.7 Å². The molecule has 6 heteroatoms. The zero-order valence-corrected chi connectivity index (χ0v) is 21.9. The SMILES string of the molecule is COc1ccc2nccc(CCC[C@@H]3CCN(CCCCc4cccc(Cl)c4)C[C@@H]3CC(=O)O)c2c1. The molecular formula is C30H37ClN2O3. The van der Waals surface area contributed by atoms with Crippen molar-refractivity contribution in [2.45, 2.75) is 51.4 Å². The van der Waals surface area contributed by atoms with E-state index in [4.69, 9.17) is 16.3 Å². The number of ether oxygens (including phenoxy) is 1. The number of piperidine rings is 1. The van der Waals surface area contributed by atoms with E-state index in [0.29, 0.717) is 5.92 Å². The molecular weight excluding hydrogens is 472 g/mol. The Hall–Kier alpha value is -2.63. The van der Waals surface area contributed by atoms with Gasteiger partial charge in [-0.1, -0.05) is 23.7 Å². The maximum atomic E-state index is 11.6. The van der Waals surface area contributed by atoms with Crippen molar-refractivity contribution in [1.29, 1.82) is 0 Å². The Morgan fingerprint density at radius 2 is 2.00 bits per heavy atom. The number of aryl methyl sites for hydroxylation is 2. The van der Waals surface area contributed by atoms with Crippen molar-refractivity contribution in [3.05, 3.63) is 70.9 Å². The van der Waals surface area contributed by atoms with Gasteiger partial charge in [0.05, 0.1) is 12.6 Å². The summed E-state index contributed by atoms with van der Waals surface area (Å²) in [5.41, 5.74) is 3.55. The summed E-state index contributed by atoms with van der Waals surface area (Å²) < 4.78 is 5.41. The molecule has 1 saturated heterocycles. The maximum absolute atomic E-state index is 11.6. The number of likely N-dealkylation sites (tertiary alicyclic amines) is 1. The Bertz CT molecular complexity index is 1150. The first kappa shape index (κ1) is 26.4. The lowest BCUT2D eigenvalue weighted by Gasteiger charge is -2.38. The summed E-state index contributed by atoms with van der Waals surface area (Å²) in [4.78, 5) is 18.6. The number of pyridine rings is 1. The molecule has 0 aliphatic carbocycles. The van der Waals surface area contributed by atoms with E-state index < -0.39 is 5.97 Å². The van der Waals surface area contributed by atoms with Gasteiger partial charge in [0.2, 0.25) is 0 Å². The van der Waals surface area contributed by atoms with Crippen LogP contribution >= 0.6 is 11.6 Å². The van der Waals surface area contributed by atoms with E-state index >= 15 is 0 Å². The van der Waals surface area contributed by atoms with E-state index in [-0.39, 0.29) is 12.3 Å². The average Bonchev–Trinajstić information content (AvgIpc) is 2.87. The minimum atomic E-state index is -0.681. The van der Waals surface area contributed by atoms with Crippen molar-refractivity contribution >= 4 is 28.5 Å². The van der Waals surface area contributed by atoms with Crippen molar-refractivity contribution in [3.8, 4) is 5.75 Å². The van der Waals surface area contributed by atoms with Crippen LogP contribution < -0.4 is 4.74 Å². The van der Waals surface area contributed by atoms with Gasteiger partial charge in [0.15, 0.2) is 0 Å². The highest BCUT2D eigenvalue weighted by Crippen LogP contribution is 2.32. The summed E-state index contributed by atoms with van der Waals surface area (Å²) in [5, 5.41) is 11.5. The number of aliphatic carboxylic acids is 1. The number of carbonyl (C=O) groups is 1. The number of hydrogen-bond donors (Lipinski definition) is 1. The van der Waals surface area contributed by atoms with Gasteiger partial charge in [-0.25, -0.2) is 0 Å². The smallest absolute Gasteiger partial charge is 0.303 e. The highest BCUT2D eigenvalue weighted by atomic mass is 35.5. The fraction of sp³-hybridized carbons (Fsp3) is 0.467. The predicted molar refractivity (Wildman–Crippen MR) is 146 cm³/mol. The lowest BCUT2D eigenvalue weighted by Crippen LogP contribution is -2.41. The number of fused-ring (bicyclic) bond motifs is 1. The molecule has 0 amide bonds. The molecule has 2 aromatic carbocycles. The minimum absolute atomic E-state index is 0.221. The molecule has 0 unspecified atom stereocenters. The second kappa shape index (κ2) is 13.1. The number of aromatic nitrogens is 1. The molecule has 1 N–H and O–H groups in total. The van der Waals surface area contributed by atoms with E-state index in [2.05, 4.69) is 28.1 Å². The van der Waals surface area contributed by atoms with Gasteiger partial charge >= 0.3 is 5.97 Å². The number of benzene rings is 2. The lowest BCUT2D eigenvalue weighted by molar-refractivity contribution is -0.139. The summed E-state index contributed by atoms with van der Waals surface area (Å²) >= 11 is 6.10. The number of carboxylic acid groups (broad SMARTS) is 1. The number of methoxy groups -OCH3 is 1. The number of rotatable bonds is 12. The number of halogens is 1. The summed E-state index contributed by atoms with van der Waals surface area (Å²) in [6, 6.07) is 16.2. The van der Waals surface area contributed by atoms with Gasteiger partial charge in [-0.05, 0) is 117 Å². The van der Waals surface area contributed by atoms with E-state index in [1.165, 1.54) is 11.1 Å². The van der Waals surface area contributed by atoms with E-state index in [0.717, 1.165) is 86.3 Å². The zero-order valence-electron chi connectivity index (χ0n) is 21.2. The van der Waals surface area contributed by atoms with Crippen LogP contribution in [-0.2, 0) is 17.6 Å². The highest BCUT2D eigenvalue weighted by Gasteiger charge is 2.30. The molecule has 1 aliphatic rings. The second-order valence-corrected chi connectivity index (χ2v) is 10.5. The van der Waals surface area contributed by atoms with Crippen LogP contribution in [-0.4, -0.2) is 47.7 Å². The van der Waals surface area contributed by atoms with Gasteiger partial charge in [-0.2, -0.15) is 0 Å². The van der Waals surface area contributed by atoms with Crippen molar-refractivity contribution < 1.29 is 14.6 Å². The van der Waals surface area contributed by atoms with Crippen LogP contribution in [0.5, 0.6) is 5.75 Å². The van der Waals surface area contributed by atoms with Gasteiger partial charge in [0, 0.05) is 29.6 Å². The molecule has 36 heavy (non-hydrogen) atoms. The Morgan fingerprint density at radius 3 is 2.81 bits per heavy atom. The monoisotopic (exact) mass is 508 g/mol. The normalized spacial score (nSPS) is 18.4. The third-order valence-electron chi connectivity index (χ3n) is 7.55. The Labute approximate surface area is 219 Å². The molecule has 0 saturated carbocycles.